The zero-order chi connectivity index (χ0) is 22.4. The fourth-order valence-corrected chi connectivity index (χ4v) is 5.31. The Morgan fingerprint density at radius 2 is 1.84 bits per heavy atom. The van der Waals surface area contributed by atoms with Gasteiger partial charge in [-0.3, -0.25) is 9.59 Å². The maximum absolute atomic E-state index is 14.9. The lowest BCUT2D eigenvalue weighted by molar-refractivity contribution is -0.141. The van der Waals surface area contributed by atoms with Crippen molar-refractivity contribution < 1.29 is 23.8 Å². The molecule has 166 valence electrons. The van der Waals surface area contributed by atoms with Gasteiger partial charge in [0, 0.05) is 23.6 Å². The molecular weight excluding hydrogens is 409 g/mol. The number of amides is 1. The number of aliphatic hydroxyl groups excluding tert-OH is 1. The van der Waals surface area contributed by atoms with Gasteiger partial charge in [0.25, 0.3) is 11.7 Å². The number of hydrogen-bond acceptors (Lipinski definition) is 4. The van der Waals surface area contributed by atoms with Crippen LogP contribution in [0.4, 0.5) is 4.39 Å². The molecule has 2 aromatic carbocycles. The molecule has 1 saturated carbocycles. The number of rotatable bonds is 3. The number of benzene rings is 2. The van der Waals surface area contributed by atoms with Gasteiger partial charge in [0.2, 0.25) is 0 Å². The topological polar surface area (TPSA) is 66.8 Å². The third kappa shape index (κ3) is 3.38. The molecule has 5 rings (SSSR count). The van der Waals surface area contributed by atoms with E-state index in [2.05, 4.69) is 0 Å². The van der Waals surface area contributed by atoms with Crippen LogP contribution in [0.5, 0.6) is 5.75 Å². The smallest absolute Gasteiger partial charge is 0.295 e. The molecule has 1 amide bonds. The largest absolute Gasteiger partial charge is 0.507 e. The predicted molar refractivity (Wildman–Crippen MR) is 118 cm³/mol. The van der Waals surface area contributed by atoms with Gasteiger partial charge in [0.1, 0.15) is 23.4 Å². The first-order valence-corrected chi connectivity index (χ1v) is 11.3. The van der Waals surface area contributed by atoms with Gasteiger partial charge in [0.15, 0.2) is 0 Å². The third-order valence-electron chi connectivity index (χ3n) is 6.82. The Hall–Kier alpha value is -3.15. The van der Waals surface area contributed by atoms with Crippen molar-refractivity contribution in [1.29, 1.82) is 0 Å². The number of ketones is 1. The highest BCUT2D eigenvalue weighted by Crippen LogP contribution is 2.44. The summed E-state index contributed by atoms with van der Waals surface area (Å²) in [4.78, 5) is 27.9. The van der Waals surface area contributed by atoms with E-state index in [0.29, 0.717) is 12.0 Å². The Balaban J connectivity index is 1.65. The molecular formula is C26H26FNO4. The highest BCUT2D eigenvalue weighted by molar-refractivity contribution is 6.46. The lowest BCUT2D eigenvalue weighted by atomic mass is 9.90. The van der Waals surface area contributed by atoms with Gasteiger partial charge in [-0.05, 0) is 49.6 Å². The number of carbonyl (C=O) groups is 2. The minimum Gasteiger partial charge on any atom is -0.507 e. The van der Waals surface area contributed by atoms with Crippen molar-refractivity contribution in [2.75, 3.05) is 0 Å². The van der Waals surface area contributed by atoms with Crippen molar-refractivity contribution in [3.63, 3.8) is 0 Å². The summed E-state index contributed by atoms with van der Waals surface area (Å²) in [5.41, 5.74) is 1.56. The van der Waals surface area contributed by atoms with Crippen LogP contribution in [-0.2, 0) is 16.0 Å². The van der Waals surface area contributed by atoms with Gasteiger partial charge in [-0.2, -0.15) is 0 Å². The summed E-state index contributed by atoms with van der Waals surface area (Å²) in [7, 11) is 0. The molecule has 1 aliphatic carbocycles. The summed E-state index contributed by atoms with van der Waals surface area (Å²) in [5.74, 6) is -1.43. The van der Waals surface area contributed by atoms with Gasteiger partial charge in [0.05, 0.1) is 11.6 Å². The summed E-state index contributed by atoms with van der Waals surface area (Å²) in [6.45, 7) is 1.97. The molecule has 0 radical (unpaired) electrons. The molecule has 3 aliphatic rings. The lowest BCUT2D eigenvalue weighted by Gasteiger charge is -2.35. The summed E-state index contributed by atoms with van der Waals surface area (Å²) in [6, 6.07) is 10.3. The Bertz CT molecular complexity index is 1120. The number of aliphatic hydroxyl groups is 1. The third-order valence-corrected chi connectivity index (χ3v) is 6.82. The summed E-state index contributed by atoms with van der Waals surface area (Å²) in [5, 5.41) is 11.3. The van der Waals surface area contributed by atoms with E-state index in [0.717, 1.165) is 43.4 Å². The van der Waals surface area contributed by atoms with Gasteiger partial charge >= 0.3 is 0 Å². The standard InChI is InChI=1S/C26H26FNO4/c1-15-13-17-14-16(11-12-21(17)32-15)24(29)22-23(19-9-5-6-10-20(19)27)28(26(31)25(22)30)18-7-3-2-4-8-18/h5-6,9-12,14-15,18,23,29H,2-4,7-8,13H2,1H3/b24-22+. The molecule has 2 aliphatic heterocycles. The van der Waals surface area contributed by atoms with E-state index in [-0.39, 0.29) is 29.0 Å². The number of nitrogens with zero attached hydrogens (tertiary/aromatic N) is 1. The highest BCUT2D eigenvalue weighted by Gasteiger charge is 2.49. The minimum atomic E-state index is -0.942. The Kier molecular flexibility index (Phi) is 5.24. The molecule has 2 heterocycles. The van der Waals surface area contributed by atoms with E-state index in [1.165, 1.54) is 11.0 Å². The van der Waals surface area contributed by atoms with E-state index in [4.69, 9.17) is 4.74 Å². The van der Waals surface area contributed by atoms with Crippen LogP contribution in [0.15, 0.2) is 48.0 Å². The number of carbonyl (C=O) groups excluding carboxylic acids is 2. The van der Waals surface area contributed by atoms with Crippen molar-refractivity contribution in [2.45, 2.75) is 63.6 Å². The molecule has 0 bridgehead atoms. The molecule has 2 unspecified atom stereocenters. The molecule has 1 saturated heterocycles. The second-order valence-electron chi connectivity index (χ2n) is 8.97. The molecule has 6 heteroatoms. The van der Waals surface area contributed by atoms with Gasteiger partial charge < -0.3 is 14.7 Å². The van der Waals surface area contributed by atoms with Crippen LogP contribution in [-0.4, -0.2) is 33.8 Å². The zero-order valence-corrected chi connectivity index (χ0v) is 18.0. The van der Waals surface area contributed by atoms with E-state index in [1.54, 1.807) is 36.4 Å². The summed E-state index contributed by atoms with van der Waals surface area (Å²) < 4.78 is 20.7. The van der Waals surface area contributed by atoms with Gasteiger partial charge in [-0.15, -0.1) is 0 Å². The number of likely N-dealkylation sites (tertiary alicyclic amines) is 1. The van der Waals surface area contributed by atoms with E-state index < -0.39 is 23.5 Å². The van der Waals surface area contributed by atoms with Crippen LogP contribution >= 0.6 is 0 Å². The van der Waals surface area contributed by atoms with Crippen LogP contribution < -0.4 is 4.74 Å². The fraction of sp³-hybridized carbons (Fsp3) is 0.385. The molecule has 2 fully saturated rings. The Morgan fingerprint density at radius 3 is 2.59 bits per heavy atom. The van der Waals surface area contributed by atoms with E-state index in [9.17, 15) is 19.1 Å². The number of ether oxygens (including phenoxy) is 1. The van der Waals surface area contributed by atoms with Crippen molar-refractivity contribution in [2.24, 2.45) is 0 Å². The summed E-state index contributed by atoms with van der Waals surface area (Å²) in [6.07, 6.45) is 5.28. The molecule has 32 heavy (non-hydrogen) atoms. The monoisotopic (exact) mass is 435 g/mol. The average molecular weight is 435 g/mol. The van der Waals surface area contributed by atoms with E-state index in [1.807, 2.05) is 6.92 Å². The van der Waals surface area contributed by atoms with Crippen molar-refractivity contribution in [1.82, 2.24) is 4.90 Å². The van der Waals surface area contributed by atoms with Crippen molar-refractivity contribution >= 4 is 17.4 Å². The van der Waals surface area contributed by atoms with Crippen LogP contribution in [0.25, 0.3) is 5.76 Å². The number of fused-ring (bicyclic) bond motifs is 1. The second-order valence-corrected chi connectivity index (χ2v) is 8.97. The first-order valence-electron chi connectivity index (χ1n) is 11.3. The van der Waals surface area contributed by atoms with E-state index >= 15 is 0 Å². The molecule has 5 nitrogen and oxygen atoms in total. The average Bonchev–Trinajstić information content (AvgIpc) is 3.30. The molecule has 2 atom stereocenters. The Morgan fingerprint density at radius 1 is 1.09 bits per heavy atom. The maximum atomic E-state index is 14.9. The number of halogens is 1. The van der Waals surface area contributed by atoms with Crippen molar-refractivity contribution in [3.05, 3.63) is 70.5 Å². The zero-order valence-electron chi connectivity index (χ0n) is 18.0. The molecule has 0 spiro atoms. The minimum absolute atomic E-state index is 0.0395. The first-order chi connectivity index (χ1) is 15.5. The predicted octanol–water partition coefficient (Wildman–Crippen LogP) is 4.90. The van der Waals surface area contributed by atoms with Gasteiger partial charge in [-0.25, -0.2) is 4.39 Å². The number of hydrogen-bond donors (Lipinski definition) is 1. The van der Waals surface area contributed by atoms with Crippen molar-refractivity contribution in [3.8, 4) is 5.75 Å². The highest BCUT2D eigenvalue weighted by atomic mass is 19.1. The maximum Gasteiger partial charge on any atom is 0.295 e. The first kappa shape index (κ1) is 20.7. The van der Waals surface area contributed by atoms with Crippen LogP contribution in [0.1, 0.15) is 61.8 Å². The SMILES string of the molecule is CC1Cc2cc(/C(O)=C3\C(=O)C(=O)N(C4CCCCC4)C3c3ccccc3F)ccc2O1. The molecule has 0 aromatic heterocycles. The Labute approximate surface area is 186 Å². The van der Waals surface area contributed by atoms with Crippen LogP contribution in [0.2, 0.25) is 0 Å². The normalized spacial score (nSPS) is 25.1. The van der Waals surface area contributed by atoms with Crippen LogP contribution in [0.3, 0.4) is 0 Å². The van der Waals surface area contributed by atoms with Crippen LogP contribution in [0, 0.1) is 5.82 Å². The lowest BCUT2D eigenvalue weighted by Crippen LogP contribution is -2.40. The quantitative estimate of drug-likeness (QED) is 0.423. The molecule has 1 N–H and O–H groups in total. The number of Topliss-reactive ketones (excluding diaryl/α,β-unsaturated/α-hetero) is 1. The fourth-order valence-electron chi connectivity index (χ4n) is 5.31. The molecule has 2 aromatic rings. The van der Waals surface area contributed by atoms with Gasteiger partial charge in [-0.1, -0.05) is 37.5 Å². The second kappa shape index (κ2) is 8.08. The summed E-state index contributed by atoms with van der Waals surface area (Å²) >= 11 is 0.